The molecule has 1 fully saturated rings. The van der Waals surface area contributed by atoms with Crippen molar-refractivity contribution in [2.24, 2.45) is 0 Å². The van der Waals surface area contributed by atoms with Gasteiger partial charge in [-0.15, -0.1) is 0 Å². The highest BCUT2D eigenvalue weighted by molar-refractivity contribution is 9.10. The SMILES string of the molecule is O=C(O)CN(C1CC1)S(=O)(=O)c1ccc(Br)cc1. The zero-order chi connectivity index (χ0) is 13.3. The van der Waals surface area contributed by atoms with Gasteiger partial charge in [0, 0.05) is 10.5 Å². The summed E-state index contributed by atoms with van der Waals surface area (Å²) in [5.41, 5.74) is 0. The number of halogens is 1. The second-order valence-corrected chi connectivity index (χ2v) is 6.94. The van der Waals surface area contributed by atoms with Gasteiger partial charge < -0.3 is 5.11 Å². The van der Waals surface area contributed by atoms with Crippen LogP contribution in [0.2, 0.25) is 0 Å². The molecule has 7 heteroatoms. The highest BCUT2D eigenvalue weighted by Gasteiger charge is 2.39. The fourth-order valence-electron chi connectivity index (χ4n) is 1.65. The quantitative estimate of drug-likeness (QED) is 0.889. The summed E-state index contributed by atoms with van der Waals surface area (Å²) < 4.78 is 26.5. The molecule has 1 aromatic rings. The summed E-state index contributed by atoms with van der Waals surface area (Å²) in [6.07, 6.45) is 1.45. The van der Waals surface area contributed by atoms with Crippen LogP contribution in [0.4, 0.5) is 0 Å². The van der Waals surface area contributed by atoms with Gasteiger partial charge in [-0.3, -0.25) is 4.79 Å². The van der Waals surface area contributed by atoms with Crippen LogP contribution in [-0.2, 0) is 14.8 Å². The van der Waals surface area contributed by atoms with Gasteiger partial charge in [-0.25, -0.2) is 8.42 Å². The zero-order valence-electron chi connectivity index (χ0n) is 9.41. The maximum Gasteiger partial charge on any atom is 0.318 e. The first-order chi connectivity index (χ1) is 8.41. The van der Waals surface area contributed by atoms with Crippen LogP contribution in [0.25, 0.3) is 0 Å². The molecular weight excluding hydrogens is 322 g/mol. The normalized spacial score (nSPS) is 15.9. The van der Waals surface area contributed by atoms with E-state index in [1.54, 1.807) is 12.1 Å². The second kappa shape index (κ2) is 4.99. The summed E-state index contributed by atoms with van der Waals surface area (Å²) in [4.78, 5) is 10.9. The largest absolute Gasteiger partial charge is 0.480 e. The Hall–Kier alpha value is -0.920. The molecule has 5 nitrogen and oxygen atoms in total. The van der Waals surface area contributed by atoms with E-state index in [1.165, 1.54) is 12.1 Å². The number of rotatable bonds is 5. The molecule has 0 heterocycles. The average Bonchev–Trinajstić information content (AvgIpc) is 3.10. The molecule has 2 rings (SSSR count). The van der Waals surface area contributed by atoms with E-state index < -0.39 is 22.5 Å². The Bertz CT molecular complexity index is 551. The third-order valence-corrected chi connectivity index (χ3v) is 5.11. The van der Waals surface area contributed by atoms with Gasteiger partial charge in [0.25, 0.3) is 0 Å². The van der Waals surface area contributed by atoms with Crippen LogP contribution in [0, 0.1) is 0 Å². The topological polar surface area (TPSA) is 74.7 Å². The molecule has 1 aromatic carbocycles. The number of carboxylic acids is 1. The third-order valence-electron chi connectivity index (χ3n) is 2.67. The molecule has 0 unspecified atom stereocenters. The van der Waals surface area contributed by atoms with Gasteiger partial charge in [0.15, 0.2) is 0 Å². The molecule has 1 aliphatic rings. The summed E-state index contributed by atoms with van der Waals surface area (Å²) in [6.45, 7) is -0.483. The van der Waals surface area contributed by atoms with Gasteiger partial charge >= 0.3 is 5.97 Å². The zero-order valence-corrected chi connectivity index (χ0v) is 11.8. The van der Waals surface area contributed by atoms with Crippen LogP contribution < -0.4 is 0 Å². The lowest BCUT2D eigenvalue weighted by molar-refractivity contribution is -0.137. The number of aliphatic carboxylic acids is 1. The molecule has 1 aliphatic carbocycles. The summed E-state index contributed by atoms with van der Waals surface area (Å²) in [5.74, 6) is -1.14. The van der Waals surface area contributed by atoms with Crippen LogP contribution in [0.15, 0.2) is 33.6 Å². The van der Waals surface area contributed by atoms with Crippen molar-refractivity contribution in [3.8, 4) is 0 Å². The first kappa shape index (κ1) is 13.5. The molecule has 0 amide bonds. The molecular formula is C11H12BrNO4S. The van der Waals surface area contributed by atoms with Crippen molar-refractivity contribution in [1.82, 2.24) is 4.31 Å². The second-order valence-electron chi connectivity index (χ2n) is 4.13. The summed E-state index contributed by atoms with van der Waals surface area (Å²) >= 11 is 3.23. The Morgan fingerprint density at radius 3 is 2.33 bits per heavy atom. The van der Waals surface area contributed by atoms with E-state index in [0.717, 1.165) is 21.6 Å². The molecule has 1 saturated carbocycles. The average molecular weight is 334 g/mol. The fourth-order valence-corrected chi connectivity index (χ4v) is 3.55. The van der Waals surface area contributed by atoms with Gasteiger partial charge in [-0.2, -0.15) is 4.31 Å². The molecule has 0 radical (unpaired) electrons. The first-order valence-electron chi connectivity index (χ1n) is 5.40. The van der Waals surface area contributed by atoms with Crippen molar-refractivity contribution in [2.45, 2.75) is 23.8 Å². The first-order valence-corrected chi connectivity index (χ1v) is 7.64. The lowest BCUT2D eigenvalue weighted by Crippen LogP contribution is -2.37. The third kappa shape index (κ3) is 2.90. The van der Waals surface area contributed by atoms with Gasteiger partial charge in [0.2, 0.25) is 10.0 Å². The minimum Gasteiger partial charge on any atom is -0.480 e. The van der Waals surface area contributed by atoms with Crippen LogP contribution in [0.3, 0.4) is 0 Å². The number of sulfonamides is 1. The van der Waals surface area contributed by atoms with Gasteiger partial charge in [0.05, 0.1) is 4.90 Å². The van der Waals surface area contributed by atoms with Crippen molar-refractivity contribution in [3.63, 3.8) is 0 Å². The van der Waals surface area contributed by atoms with E-state index in [4.69, 9.17) is 5.11 Å². The van der Waals surface area contributed by atoms with Crippen LogP contribution in [0.1, 0.15) is 12.8 Å². The van der Waals surface area contributed by atoms with Crippen molar-refractivity contribution >= 4 is 31.9 Å². The minimum atomic E-state index is -3.72. The summed E-state index contributed by atoms with van der Waals surface area (Å²) in [5, 5.41) is 8.80. The van der Waals surface area contributed by atoms with Crippen LogP contribution in [0.5, 0.6) is 0 Å². The van der Waals surface area contributed by atoms with Crippen molar-refractivity contribution < 1.29 is 18.3 Å². The van der Waals surface area contributed by atoms with Gasteiger partial charge in [0.1, 0.15) is 6.54 Å². The molecule has 0 atom stereocenters. The standard InChI is InChI=1S/C11H12BrNO4S/c12-8-1-5-10(6-2-8)18(16,17)13(7-11(14)15)9-3-4-9/h1-2,5-6,9H,3-4,7H2,(H,14,15). The van der Waals surface area contributed by atoms with E-state index >= 15 is 0 Å². The lowest BCUT2D eigenvalue weighted by atomic mass is 10.4. The molecule has 0 spiro atoms. The minimum absolute atomic E-state index is 0.124. The van der Waals surface area contributed by atoms with E-state index in [2.05, 4.69) is 15.9 Å². The summed E-state index contributed by atoms with van der Waals surface area (Å²) in [7, 11) is -3.72. The van der Waals surface area contributed by atoms with Crippen molar-refractivity contribution in [3.05, 3.63) is 28.7 Å². The predicted molar refractivity (Wildman–Crippen MR) is 68.7 cm³/mol. The van der Waals surface area contributed by atoms with Crippen molar-refractivity contribution in [1.29, 1.82) is 0 Å². The highest BCUT2D eigenvalue weighted by atomic mass is 79.9. The molecule has 0 aliphatic heterocycles. The van der Waals surface area contributed by atoms with Crippen molar-refractivity contribution in [2.75, 3.05) is 6.54 Å². The number of carbonyl (C=O) groups is 1. The smallest absolute Gasteiger partial charge is 0.318 e. The van der Waals surface area contributed by atoms with E-state index in [0.29, 0.717) is 0 Å². The van der Waals surface area contributed by atoms with E-state index in [1.807, 2.05) is 0 Å². The van der Waals surface area contributed by atoms with E-state index in [-0.39, 0.29) is 10.9 Å². The predicted octanol–water partition coefficient (Wildman–Crippen LogP) is 1.69. The number of nitrogens with zero attached hydrogens (tertiary/aromatic N) is 1. The van der Waals surface area contributed by atoms with Crippen LogP contribution in [-0.4, -0.2) is 36.4 Å². The lowest BCUT2D eigenvalue weighted by Gasteiger charge is -2.19. The maximum absolute atomic E-state index is 12.3. The molecule has 0 aromatic heterocycles. The Morgan fingerprint density at radius 2 is 1.89 bits per heavy atom. The number of hydrogen-bond acceptors (Lipinski definition) is 3. The maximum atomic E-state index is 12.3. The monoisotopic (exact) mass is 333 g/mol. The summed E-state index contributed by atoms with van der Waals surface area (Å²) in [6, 6.07) is 6.01. The Balaban J connectivity index is 2.32. The van der Waals surface area contributed by atoms with Gasteiger partial charge in [-0.1, -0.05) is 15.9 Å². The molecule has 98 valence electrons. The highest BCUT2D eigenvalue weighted by Crippen LogP contribution is 2.32. The van der Waals surface area contributed by atoms with E-state index in [9.17, 15) is 13.2 Å². The molecule has 18 heavy (non-hydrogen) atoms. The Morgan fingerprint density at radius 1 is 1.33 bits per heavy atom. The molecule has 1 N–H and O–H groups in total. The Kier molecular flexibility index (Phi) is 3.74. The Labute approximate surface area is 114 Å². The molecule has 0 bridgehead atoms. The van der Waals surface area contributed by atoms with Gasteiger partial charge in [-0.05, 0) is 37.1 Å². The number of benzene rings is 1. The van der Waals surface area contributed by atoms with Crippen LogP contribution >= 0.6 is 15.9 Å². The molecule has 0 saturated heterocycles. The fraction of sp³-hybridized carbons (Fsp3) is 0.364. The number of carboxylic acid groups (broad SMARTS) is 1. The number of hydrogen-bond donors (Lipinski definition) is 1.